The number of thiophene rings is 1. The van der Waals surface area contributed by atoms with Gasteiger partial charge in [-0.25, -0.2) is 4.79 Å². The fourth-order valence-electron chi connectivity index (χ4n) is 3.97. The van der Waals surface area contributed by atoms with Crippen LogP contribution in [0, 0.1) is 5.92 Å². The highest BCUT2D eigenvalue weighted by Gasteiger charge is 2.29. The molecule has 1 aliphatic carbocycles. The van der Waals surface area contributed by atoms with Crippen molar-refractivity contribution in [3.05, 3.63) is 81.4 Å². The van der Waals surface area contributed by atoms with Crippen LogP contribution in [0.2, 0.25) is 0 Å². The highest BCUT2D eigenvalue weighted by atomic mass is 35.5. The van der Waals surface area contributed by atoms with Gasteiger partial charge in [-0.2, -0.15) is 0 Å². The number of allylic oxidation sites excluding steroid dienone is 7. The van der Waals surface area contributed by atoms with Crippen molar-refractivity contribution < 1.29 is 9.90 Å². The van der Waals surface area contributed by atoms with Gasteiger partial charge in [0.05, 0.1) is 11.3 Å². The number of carboxylic acid groups (broad SMARTS) is 1. The first-order valence-corrected chi connectivity index (χ1v) is 11.0. The minimum absolute atomic E-state index is 0.0164. The van der Waals surface area contributed by atoms with Crippen LogP contribution in [0.1, 0.15) is 31.7 Å². The standard InChI is InChI=1S/C24H22ClNO2S/c1-15-21(24(27)28)14-19(12-18-8-5-7-16-10-11-29-23(16)18)22(26-15)17-6-3-2-4-9-20(25)13-17/h3,5-11,13,19H,2,4,12,14H2,1H3,(H,27,28)/b6-3+,17-13+,20-9+. The number of carboxylic acids is 1. The summed E-state index contributed by atoms with van der Waals surface area (Å²) >= 11 is 8.11. The average Bonchev–Trinajstić information content (AvgIpc) is 3.15. The quantitative estimate of drug-likeness (QED) is 0.597. The summed E-state index contributed by atoms with van der Waals surface area (Å²) in [6, 6.07) is 8.44. The van der Waals surface area contributed by atoms with Crippen LogP contribution in [0.5, 0.6) is 0 Å². The van der Waals surface area contributed by atoms with Gasteiger partial charge in [-0.05, 0) is 66.7 Å². The van der Waals surface area contributed by atoms with Gasteiger partial charge < -0.3 is 5.11 Å². The minimum atomic E-state index is -0.884. The van der Waals surface area contributed by atoms with E-state index in [0.717, 1.165) is 30.5 Å². The third kappa shape index (κ3) is 4.29. The second-order valence-corrected chi connectivity index (χ2v) is 8.75. The lowest BCUT2D eigenvalue weighted by Gasteiger charge is -2.26. The van der Waals surface area contributed by atoms with E-state index >= 15 is 0 Å². The highest BCUT2D eigenvalue weighted by molar-refractivity contribution is 7.17. The third-order valence-corrected chi connectivity index (χ3v) is 6.68. The summed E-state index contributed by atoms with van der Waals surface area (Å²) in [5, 5.41) is 13.7. The molecule has 2 aliphatic rings. The van der Waals surface area contributed by atoms with Crippen LogP contribution in [0.3, 0.4) is 0 Å². The molecule has 0 amide bonds. The molecule has 1 N–H and O–H groups in total. The normalized spacial score (nSPS) is 24.8. The van der Waals surface area contributed by atoms with Crippen LogP contribution in [0.15, 0.2) is 80.8 Å². The van der Waals surface area contributed by atoms with Gasteiger partial charge in [0, 0.05) is 21.3 Å². The maximum atomic E-state index is 11.8. The Morgan fingerprint density at radius 3 is 3.00 bits per heavy atom. The van der Waals surface area contributed by atoms with E-state index in [1.54, 1.807) is 18.3 Å². The van der Waals surface area contributed by atoms with E-state index in [1.807, 2.05) is 12.2 Å². The average molecular weight is 424 g/mol. The molecule has 5 heteroatoms. The first kappa shape index (κ1) is 19.9. The van der Waals surface area contributed by atoms with E-state index in [9.17, 15) is 9.90 Å². The number of nitrogens with zero attached hydrogens (tertiary/aromatic N) is 1. The number of hydrogen-bond acceptors (Lipinski definition) is 3. The van der Waals surface area contributed by atoms with Crippen LogP contribution in [0.25, 0.3) is 10.1 Å². The second kappa shape index (κ2) is 8.52. The molecule has 0 radical (unpaired) electrons. The topological polar surface area (TPSA) is 49.7 Å². The fourth-order valence-corrected chi connectivity index (χ4v) is 5.12. The summed E-state index contributed by atoms with van der Waals surface area (Å²) < 4.78 is 1.26. The predicted molar refractivity (Wildman–Crippen MR) is 122 cm³/mol. The molecule has 2 aromatic rings. The Labute approximate surface area is 179 Å². The maximum Gasteiger partial charge on any atom is 0.333 e. The second-order valence-electron chi connectivity index (χ2n) is 7.40. The Hall–Kier alpha value is -2.43. The molecule has 3 nitrogen and oxygen atoms in total. The van der Waals surface area contributed by atoms with Crippen molar-refractivity contribution in [2.45, 2.75) is 32.6 Å². The number of carbonyl (C=O) groups is 1. The zero-order valence-electron chi connectivity index (χ0n) is 16.2. The lowest BCUT2D eigenvalue weighted by atomic mass is 9.82. The molecular weight excluding hydrogens is 402 g/mol. The Balaban J connectivity index is 1.78. The van der Waals surface area contributed by atoms with Crippen molar-refractivity contribution in [3.8, 4) is 0 Å². The van der Waals surface area contributed by atoms with Crippen molar-refractivity contribution in [2.24, 2.45) is 10.9 Å². The molecule has 4 rings (SSSR count). The van der Waals surface area contributed by atoms with E-state index in [1.165, 1.54) is 15.6 Å². The Morgan fingerprint density at radius 2 is 2.17 bits per heavy atom. The number of halogens is 1. The fraction of sp³-hybridized carbons (Fsp3) is 0.250. The minimum Gasteiger partial charge on any atom is -0.478 e. The van der Waals surface area contributed by atoms with Gasteiger partial charge in [-0.15, -0.1) is 11.3 Å². The molecule has 1 aromatic carbocycles. The van der Waals surface area contributed by atoms with Crippen molar-refractivity contribution in [1.82, 2.24) is 0 Å². The third-order valence-electron chi connectivity index (χ3n) is 5.41. The molecule has 0 fully saturated rings. The van der Waals surface area contributed by atoms with E-state index in [0.29, 0.717) is 22.7 Å². The Morgan fingerprint density at radius 1 is 1.31 bits per heavy atom. The first-order valence-electron chi connectivity index (χ1n) is 9.74. The summed E-state index contributed by atoms with van der Waals surface area (Å²) in [6.07, 6.45) is 11.2. The maximum absolute atomic E-state index is 11.8. The molecule has 1 aromatic heterocycles. The Bertz CT molecular complexity index is 1120. The zero-order chi connectivity index (χ0) is 20.4. The van der Waals surface area contributed by atoms with Crippen molar-refractivity contribution in [2.75, 3.05) is 0 Å². The van der Waals surface area contributed by atoms with Crippen LogP contribution in [-0.4, -0.2) is 16.8 Å². The van der Waals surface area contributed by atoms with Crippen LogP contribution in [0.4, 0.5) is 0 Å². The summed E-state index contributed by atoms with van der Waals surface area (Å²) in [7, 11) is 0. The molecule has 0 spiro atoms. The lowest BCUT2D eigenvalue weighted by molar-refractivity contribution is -0.133. The van der Waals surface area contributed by atoms with E-state index < -0.39 is 5.97 Å². The van der Waals surface area contributed by atoms with E-state index in [2.05, 4.69) is 41.8 Å². The van der Waals surface area contributed by atoms with Crippen LogP contribution < -0.4 is 0 Å². The summed E-state index contributed by atoms with van der Waals surface area (Å²) in [5.41, 5.74) is 4.10. The number of benzene rings is 1. The number of aliphatic imine (C=N–C) groups is 1. The van der Waals surface area contributed by atoms with Gasteiger partial charge in [0.25, 0.3) is 0 Å². The molecule has 1 atom stereocenters. The molecule has 2 heterocycles. The molecular formula is C24H22ClNO2S. The van der Waals surface area contributed by atoms with Crippen molar-refractivity contribution in [3.63, 3.8) is 0 Å². The van der Waals surface area contributed by atoms with Crippen LogP contribution in [-0.2, 0) is 11.2 Å². The number of hydrogen-bond donors (Lipinski definition) is 1. The zero-order valence-corrected chi connectivity index (χ0v) is 17.8. The molecule has 1 unspecified atom stereocenters. The summed E-state index contributed by atoms with van der Waals surface area (Å²) in [6.45, 7) is 1.78. The molecule has 1 aliphatic heterocycles. The van der Waals surface area contributed by atoms with Gasteiger partial charge in [-0.1, -0.05) is 48.0 Å². The SMILES string of the molecule is CC1=C(C(=O)O)CC(Cc2cccc3ccsc23)C(C2=C/C(Cl)=C\CC\C=C\2)=N1. The highest BCUT2D eigenvalue weighted by Crippen LogP contribution is 2.34. The van der Waals surface area contributed by atoms with Gasteiger partial charge >= 0.3 is 5.97 Å². The largest absolute Gasteiger partial charge is 0.478 e. The number of aliphatic carboxylic acids is 1. The van der Waals surface area contributed by atoms with Crippen molar-refractivity contribution >= 4 is 44.7 Å². The predicted octanol–water partition coefficient (Wildman–Crippen LogP) is 6.66. The van der Waals surface area contributed by atoms with Gasteiger partial charge in [0.15, 0.2) is 0 Å². The van der Waals surface area contributed by atoms with Gasteiger partial charge in [-0.3, -0.25) is 4.99 Å². The molecule has 0 bridgehead atoms. The number of fused-ring (bicyclic) bond motifs is 1. The molecule has 148 valence electrons. The van der Waals surface area contributed by atoms with Crippen molar-refractivity contribution in [1.29, 1.82) is 0 Å². The molecule has 29 heavy (non-hydrogen) atoms. The molecule has 0 saturated carbocycles. The van der Waals surface area contributed by atoms with Gasteiger partial charge in [0.1, 0.15) is 0 Å². The lowest BCUT2D eigenvalue weighted by Crippen LogP contribution is -2.25. The smallest absolute Gasteiger partial charge is 0.333 e. The Kier molecular flexibility index (Phi) is 5.84. The number of rotatable bonds is 4. The van der Waals surface area contributed by atoms with E-state index in [4.69, 9.17) is 16.6 Å². The summed E-state index contributed by atoms with van der Waals surface area (Å²) in [5.74, 6) is -0.901. The molecule has 0 saturated heterocycles. The van der Waals surface area contributed by atoms with E-state index in [-0.39, 0.29) is 5.92 Å². The summed E-state index contributed by atoms with van der Waals surface area (Å²) in [4.78, 5) is 16.6. The van der Waals surface area contributed by atoms with Crippen LogP contribution >= 0.6 is 22.9 Å². The monoisotopic (exact) mass is 423 g/mol. The van der Waals surface area contributed by atoms with Gasteiger partial charge in [0.2, 0.25) is 0 Å². The first-order chi connectivity index (χ1) is 14.0.